The lowest BCUT2D eigenvalue weighted by Crippen LogP contribution is -3.61. The van der Waals surface area contributed by atoms with E-state index in [1.165, 1.54) is 36.4 Å². The van der Waals surface area contributed by atoms with Gasteiger partial charge in [0.25, 0.3) is 0 Å². The maximum atomic E-state index is 12.4. The minimum Gasteiger partial charge on any atom is -0.401 e. The summed E-state index contributed by atoms with van der Waals surface area (Å²) in [6.45, 7) is 0. The summed E-state index contributed by atoms with van der Waals surface area (Å²) in [4.78, 5) is 0. The number of benzene rings is 2. The average Bonchev–Trinajstić information content (AvgIpc) is 2.40. The highest BCUT2D eigenvalue weighted by Gasteiger charge is 2.37. The van der Waals surface area contributed by atoms with Crippen LogP contribution in [0.5, 0.6) is 11.5 Å². The molecule has 0 unspecified atom stereocenters. The fourth-order valence-electron chi connectivity index (χ4n) is 1.57. The van der Waals surface area contributed by atoms with Crippen LogP contribution >= 0.6 is 0 Å². The number of hydrogen-bond acceptors (Lipinski definition) is 2. The van der Waals surface area contributed by atoms with Gasteiger partial charge in [0.2, 0.25) is 7.14 Å². The Balaban J connectivity index is 2.30. The van der Waals surface area contributed by atoms with Crippen LogP contribution in [-0.2, 0) is 0 Å². The number of alkyl halides is 6. The second-order valence-electron chi connectivity index (χ2n) is 4.05. The van der Waals surface area contributed by atoms with Gasteiger partial charge in [0.15, 0.2) is 11.5 Å². The second-order valence-corrected chi connectivity index (χ2v) is 6.91. The summed E-state index contributed by atoms with van der Waals surface area (Å²) in [5, 5.41) is 0. The molecule has 0 spiro atoms. The van der Waals surface area contributed by atoms with Crippen LogP contribution < -0.4 is 30.7 Å². The molecule has 9 heteroatoms. The van der Waals surface area contributed by atoms with Crippen molar-refractivity contribution in [3.8, 4) is 11.5 Å². The molecule has 0 radical (unpaired) electrons. The SMILES string of the molecule is FC(F)(F)Oc1ccccc1[I+]c1ccccc1OC(F)(F)F. The summed E-state index contributed by atoms with van der Waals surface area (Å²) in [6.07, 6.45) is -9.75. The largest absolute Gasteiger partial charge is 0.573 e. The molecule has 0 bridgehead atoms. The Labute approximate surface area is 137 Å². The van der Waals surface area contributed by atoms with Crippen LogP contribution in [-0.4, -0.2) is 12.7 Å². The van der Waals surface area contributed by atoms with Crippen molar-refractivity contribution in [1.82, 2.24) is 0 Å². The number of para-hydroxylation sites is 2. The average molecular weight is 449 g/mol. The highest BCUT2D eigenvalue weighted by atomic mass is 127. The maximum absolute atomic E-state index is 12.4. The van der Waals surface area contributed by atoms with Crippen LogP contribution in [0.3, 0.4) is 0 Å². The van der Waals surface area contributed by atoms with Crippen LogP contribution in [0.15, 0.2) is 48.5 Å². The Morgan fingerprint density at radius 3 is 1.30 bits per heavy atom. The van der Waals surface area contributed by atoms with Gasteiger partial charge in [-0.1, -0.05) is 24.3 Å². The van der Waals surface area contributed by atoms with Crippen molar-refractivity contribution in [2.75, 3.05) is 0 Å². The van der Waals surface area contributed by atoms with Gasteiger partial charge in [-0.3, -0.25) is 0 Å². The highest BCUT2D eigenvalue weighted by molar-refractivity contribution is 5.24. The van der Waals surface area contributed by atoms with Gasteiger partial charge in [0.1, 0.15) is 0 Å². The third-order valence-corrected chi connectivity index (χ3v) is 5.27. The van der Waals surface area contributed by atoms with Crippen LogP contribution in [0.25, 0.3) is 0 Å². The molecule has 2 rings (SSSR count). The fourth-order valence-corrected chi connectivity index (χ4v) is 4.08. The van der Waals surface area contributed by atoms with Crippen LogP contribution in [0.4, 0.5) is 26.3 Å². The van der Waals surface area contributed by atoms with Crippen molar-refractivity contribution in [2.45, 2.75) is 12.7 Å². The van der Waals surface area contributed by atoms with Crippen molar-refractivity contribution in [3.05, 3.63) is 55.7 Å². The molecule has 0 aliphatic rings. The molecule has 124 valence electrons. The third kappa shape index (κ3) is 5.81. The number of halogens is 7. The molecule has 0 fully saturated rings. The minimum atomic E-state index is -4.87. The first-order chi connectivity index (χ1) is 10.6. The van der Waals surface area contributed by atoms with E-state index in [1.54, 1.807) is 0 Å². The monoisotopic (exact) mass is 449 g/mol. The van der Waals surface area contributed by atoms with Crippen LogP contribution in [0, 0.1) is 7.14 Å². The van der Waals surface area contributed by atoms with Crippen molar-refractivity contribution in [2.24, 2.45) is 0 Å². The van der Waals surface area contributed by atoms with E-state index in [1.807, 2.05) is 0 Å². The van der Waals surface area contributed by atoms with Crippen LogP contribution in [0.2, 0.25) is 0 Å². The fraction of sp³-hybridized carbons (Fsp3) is 0.143. The van der Waals surface area contributed by atoms with Crippen molar-refractivity contribution in [3.63, 3.8) is 0 Å². The Bertz CT molecular complexity index is 611. The quantitative estimate of drug-likeness (QED) is 0.522. The van der Waals surface area contributed by atoms with Gasteiger partial charge in [-0.2, -0.15) is 0 Å². The molecular formula is C14H8F6IO2+. The summed E-state index contributed by atoms with van der Waals surface area (Å²) in [5.74, 6) is -0.843. The second kappa shape index (κ2) is 6.85. The van der Waals surface area contributed by atoms with E-state index in [9.17, 15) is 26.3 Å². The zero-order valence-electron chi connectivity index (χ0n) is 11.1. The number of ether oxygens (including phenoxy) is 2. The standard InChI is InChI=1S/C14H8F6IO2/c15-13(16,17)22-11-7-3-1-5-9(11)21-10-6-2-4-8-12(10)23-14(18,19)20/h1-8H/q+1. The molecule has 0 amide bonds. The lowest BCUT2D eigenvalue weighted by atomic mass is 10.3. The first-order valence-corrected chi connectivity index (χ1v) is 8.14. The van der Waals surface area contributed by atoms with E-state index < -0.39 is 45.4 Å². The van der Waals surface area contributed by atoms with Gasteiger partial charge in [0, 0.05) is 0 Å². The van der Waals surface area contributed by atoms with E-state index >= 15 is 0 Å². The van der Waals surface area contributed by atoms with Crippen molar-refractivity contribution < 1.29 is 57.0 Å². The molecule has 0 saturated heterocycles. The molecule has 0 aliphatic heterocycles. The smallest absolute Gasteiger partial charge is 0.401 e. The predicted molar refractivity (Wildman–Crippen MR) is 63.6 cm³/mol. The van der Waals surface area contributed by atoms with Gasteiger partial charge >= 0.3 is 33.9 Å². The molecule has 2 nitrogen and oxygen atoms in total. The Hall–Kier alpha value is -1.65. The molecule has 23 heavy (non-hydrogen) atoms. The highest BCUT2D eigenvalue weighted by Crippen LogP contribution is 2.23. The predicted octanol–water partition coefficient (Wildman–Crippen LogP) is 1.61. The summed E-state index contributed by atoms with van der Waals surface area (Å²) >= 11 is -1.37. The lowest BCUT2D eigenvalue weighted by Gasteiger charge is -2.09. The van der Waals surface area contributed by atoms with E-state index in [0.717, 1.165) is 12.1 Å². The summed E-state index contributed by atoms with van der Waals surface area (Å²) in [6, 6.07) is 10.7. The van der Waals surface area contributed by atoms with Crippen LogP contribution in [0.1, 0.15) is 0 Å². The van der Waals surface area contributed by atoms with E-state index in [0.29, 0.717) is 0 Å². The molecule has 0 saturated carbocycles. The van der Waals surface area contributed by atoms with Crippen molar-refractivity contribution >= 4 is 0 Å². The van der Waals surface area contributed by atoms with E-state index in [2.05, 4.69) is 9.47 Å². The van der Waals surface area contributed by atoms with Crippen molar-refractivity contribution in [1.29, 1.82) is 0 Å². The molecule has 0 atom stereocenters. The summed E-state index contributed by atoms with van der Waals surface area (Å²) in [5.41, 5.74) is 0. The number of rotatable bonds is 4. The lowest BCUT2D eigenvalue weighted by molar-refractivity contribution is -0.600. The molecule has 2 aromatic rings. The van der Waals surface area contributed by atoms with Gasteiger partial charge in [-0.25, -0.2) is 0 Å². The summed E-state index contributed by atoms with van der Waals surface area (Å²) < 4.78 is 82.5. The normalized spacial score (nSPS) is 12.1. The first-order valence-electron chi connectivity index (χ1n) is 5.98. The van der Waals surface area contributed by atoms with E-state index in [4.69, 9.17) is 0 Å². The Kier molecular flexibility index (Phi) is 5.27. The molecule has 0 heterocycles. The maximum Gasteiger partial charge on any atom is 0.573 e. The van der Waals surface area contributed by atoms with Gasteiger partial charge in [-0.05, 0) is 24.3 Å². The summed E-state index contributed by atoms with van der Waals surface area (Å²) in [7, 11) is 0. The molecule has 0 aromatic heterocycles. The Morgan fingerprint density at radius 1 is 0.609 bits per heavy atom. The zero-order chi connectivity index (χ0) is 17.1. The van der Waals surface area contributed by atoms with Gasteiger partial charge in [-0.15, -0.1) is 26.3 Å². The molecule has 2 aromatic carbocycles. The van der Waals surface area contributed by atoms with E-state index in [-0.39, 0.29) is 7.14 Å². The number of hydrogen-bond donors (Lipinski definition) is 0. The topological polar surface area (TPSA) is 18.5 Å². The third-order valence-electron chi connectivity index (χ3n) is 2.33. The molecule has 0 aliphatic carbocycles. The Morgan fingerprint density at radius 2 is 0.957 bits per heavy atom. The van der Waals surface area contributed by atoms with Gasteiger partial charge in [0.05, 0.1) is 0 Å². The minimum absolute atomic E-state index is 0.196. The zero-order valence-corrected chi connectivity index (χ0v) is 13.2. The molecule has 0 N–H and O–H groups in total. The van der Waals surface area contributed by atoms with Gasteiger partial charge < -0.3 is 9.47 Å². The first kappa shape index (κ1) is 17.7. The molecular weight excluding hydrogens is 441 g/mol.